The van der Waals surface area contributed by atoms with E-state index in [2.05, 4.69) is 0 Å². The van der Waals surface area contributed by atoms with Gasteiger partial charge in [0.2, 0.25) is 0 Å². The summed E-state index contributed by atoms with van der Waals surface area (Å²) < 4.78 is 12.0. The van der Waals surface area contributed by atoms with Crippen molar-refractivity contribution in [3.8, 4) is 0 Å². The molecule has 0 spiro atoms. The highest BCUT2D eigenvalue weighted by Gasteiger charge is 2.52. The normalized spacial score (nSPS) is 22.6. The van der Waals surface area contributed by atoms with E-state index < -0.39 is 7.12 Å². The Bertz CT molecular complexity index is 472. The van der Waals surface area contributed by atoms with Gasteiger partial charge in [0.05, 0.1) is 11.2 Å². The zero-order valence-corrected chi connectivity index (χ0v) is 12.9. The van der Waals surface area contributed by atoms with Crippen LogP contribution in [0.5, 0.6) is 0 Å². The molecule has 0 radical (unpaired) electrons. The van der Waals surface area contributed by atoms with E-state index in [0.29, 0.717) is 5.02 Å². The predicted octanol–water partition coefficient (Wildman–Crippen LogP) is 2.66. The second-order valence-corrected chi connectivity index (χ2v) is 6.57. The third-order valence-corrected chi connectivity index (χ3v) is 4.38. The van der Waals surface area contributed by atoms with E-state index in [4.69, 9.17) is 26.6 Å². The number of halogens is 1. The van der Waals surface area contributed by atoms with Gasteiger partial charge in [-0.3, -0.25) is 0 Å². The van der Waals surface area contributed by atoms with Crippen LogP contribution in [0.4, 0.5) is 0 Å². The molecular weight excluding hydrogens is 260 g/mol. The van der Waals surface area contributed by atoms with Crippen LogP contribution in [-0.4, -0.2) is 18.3 Å². The number of benzene rings is 1. The van der Waals surface area contributed by atoms with Crippen LogP contribution >= 0.6 is 11.6 Å². The quantitative estimate of drug-likeness (QED) is 0.848. The van der Waals surface area contributed by atoms with Crippen LogP contribution in [0, 0.1) is 0 Å². The van der Waals surface area contributed by atoms with Gasteiger partial charge in [-0.2, -0.15) is 0 Å². The van der Waals surface area contributed by atoms with Crippen LogP contribution < -0.4 is 11.2 Å². The maximum atomic E-state index is 6.32. The summed E-state index contributed by atoms with van der Waals surface area (Å²) in [6.07, 6.45) is 0. The summed E-state index contributed by atoms with van der Waals surface area (Å²) in [6.45, 7) is 10.0. The molecule has 1 heterocycles. The molecule has 0 saturated carbocycles. The third kappa shape index (κ3) is 2.68. The second kappa shape index (κ2) is 4.78. The number of rotatable bonds is 2. The van der Waals surface area contributed by atoms with Crippen molar-refractivity contribution in [1.82, 2.24) is 0 Å². The molecular formula is C14H21BClNO2. The zero-order chi connectivity index (χ0) is 14.4. The van der Waals surface area contributed by atoms with Crippen molar-refractivity contribution in [1.29, 1.82) is 0 Å². The molecule has 0 aliphatic carbocycles. The minimum atomic E-state index is -0.431. The minimum Gasteiger partial charge on any atom is -0.399 e. The van der Waals surface area contributed by atoms with Crippen LogP contribution in [0.25, 0.3) is 0 Å². The number of hydrogen-bond donors (Lipinski definition) is 1. The lowest BCUT2D eigenvalue weighted by atomic mass is 9.78. The van der Waals surface area contributed by atoms with Gasteiger partial charge in [0.1, 0.15) is 0 Å². The van der Waals surface area contributed by atoms with Crippen molar-refractivity contribution in [2.24, 2.45) is 5.73 Å². The summed E-state index contributed by atoms with van der Waals surface area (Å²) in [7, 11) is -0.431. The molecule has 5 heteroatoms. The Morgan fingerprint density at radius 2 is 1.68 bits per heavy atom. The molecule has 0 amide bonds. The molecule has 3 nitrogen and oxygen atoms in total. The third-order valence-electron chi connectivity index (χ3n) is 4.06. The van der Waals surface area contributed by atoms with Crippen molar-refractivity contribution in [3.05, 3.63) is 28.8 Å². The molecule has 1 saturated heterocycles. The molecule has 1 atom stereocenters. The van der Waals surface area contributed by atoms with Gasteiger partial charge in [-0.15, -0.1) is 0 Å². The van der Waals surface area contributed by atoms with Gasteiger partial charge in [0.25, 0.3) is 0 Å². The second-order valence-electron chi connectivity index (χ2n) is 6.16. The molecule has 1 fully saturated rings. The van der Waals surface area contributed by atoms with E-state index >= 15 is 0 Å². The number of hydrogen-bond acceptors (Lipinski definition) is 3. The van der Waals surface area contributed by atoms with Crippen LogP contribution in [0.1, 0.15) is 46.2 Å². The topological polar surface area (TPSA) is 44.5 Å². The van der Waals surface area contributed by atoms with Crippen molar-refractivity contribution in [2.75, 3.05) is 0 Å². The van der Waals surface area contributed by atoms with Gasteiger partial charge in [-0.1, -0.05) is 23.7 Å². The largest absolute Gasteiger partial charge is 0.496 e. The van der Waals surface area contributed by atoms with Crippen LogP contribution in [0.3, 0.4) is 0 Å². The highest BCUT2D eigenvalue weighted by atomic mass is 35.5. The zero-order valence-electron chi connectivity index (χ0n) is 12.2. The van der Waals surface area contributed by atoms with Crippen molar-refractivity contribution >= 4 is 24.2 Å². The lowest BCUT2D eigenvalue weighted by Gasteiger charge is -2.32. The molecule has 1 aromatic carbocycles. The Morgan fingerprint density at radius 1 is 1.16 bits per heavy atom. The maximum absolute atomic E-state index is 6.32. The Balaban J connectivity index is 2.30. The SMILES string of the molecule is CC(N)c1ccc(B2OC(C)(C)C(C)(C)O2)c(Cl)c1. The molecule has 104 valence electrons. The first-order valence-corrected chi connectivity index (χ1v) is 6.92. The first-order valence-electron chi connectivity index (χ1n) is 6.54. The van der Waals surface area contributed by atoms with E-state index in [0.717, 1.165) is 11.0 Å². The van der Waals surface area contributed by atoms with Gasteiger partial charge in [0.15, 0.2) is 0 Å². The summed E-state index contributed by atoms with van der Waals surface area (Å²) >= 11 is 6.32. The molecule has 0 bridgehead atoms. The molecule has 2 N–H and O–H groups in total. The first-order chi connectivity index (χ1) is 8.64. The van der Waals surface area contributed by atoms with E-state index in [-0.39, 0.29) is 17.2 Å². The molecule has 0 aromatic heterocycles. The Morgan fingerprint density at radius 3 is 2.11 bits per heavy atom. The monoisotopic (exact) mass is 281 g/mol. The highest BCUT2D eigenvalue weighted by Crippen LogP contribution is 2.37. The van der Waals surface area contributed by atoms with E-state index in [1.165, 1.54) is 0 Å². The number of nitrogens with two attached hydrogens (primary N) is 1. The summed E-state index contributed by atoms with van der Waals surface area (Å²) in [5.74, 6) is 0. The van der Waals surface area contributed by atoms with Gasteiger partial charge in [-0.05, 0) is 46.2 Å². The van der Waals surface area contributed by atoms with Crippen molar-refractivity contribution in [2.45, 2.75) is 51.9 Å². The molecule has 1 aliphatic heterocycles. The smallest absolute Gasteiger partial charge is 0.399 e. The fourth-order valence-corrected chi connectivity index (χ4v) is 2.27. The van der Waals surface area contributed by atoms with Gasteiger partial charge in [-0.25, -0.2) is 0 Å². The molecule has 2 rings (SSSR count). The summed E-state index contributed by atoms with van der Waals surface area (Å²) in [5, 5.41) is 0.633. The van der Waals surface area contributed by atoms with Crippen molar-refractivity contribution in [3.63, 3.8) is 0 Å². The van der Waals surface area contributed by atoms with E-state index in [9.17, 15) is 0 Å². The lowest BCUT2D eigenvalue weighted by molar-refractivity contribution is 0.00578. The van der Waals surface area contributed by atoms with E-state index in [1.807, 2.05) is 52.8 Å². The van der Waals surface area contributed by atoms with Crippen LogP contribution in [0.2, 0.25) is 5.02 Å². The summed E-state index contributed by atoms with van der Waals surface area (Å²) in [4.78, 5) is 0. The van der Waals surface area contributed by atoms with E-state index in [1.54, 1.807) is 0 Å². The fraction of sp³-hybridized carbons (Fsp3) is 0.571. The first kappa shape index (κ1) is 14.9. The van der Waals surface area contributed by atoms with Crippen molar-refractivity contribution < 1.29 is 9.31 Å². The van der Waals surface area contributed by atoms with Crippen LogP contribution in [0.15, 0.2) is 18.2 Å². The standard InChI is InChI=1S/C14H21BClNO2/c1-9(17)10-6-7-11(12(16)8-10)15-18-13(2,3)14(4,5)19-15/h6-9H,17H2,1-5H3. The Kier molecular flexibility index (Phi) is 3.73. The van der Waals surface area contributed by atoms with Crippen LogP contribution in [-0.2, 0) is 9.31 Å². The van der Waals surface area contributed by atoms with Gasteiger partial charge in [0, 0.05) is 16.5 Å². The average molecular weight is 282 g/mol. The van der Waals surface area contributed by atoms with Gasteiger partial charge < -0.3 is 15.0 Å². The maximum Gasteiger partial charge on any atom is 0.496 e. The van der Waals surface area contributed by atoms with Gasteiger partial charge >= 0.3 is 7.12 Å². The minimum absolute atomic E-state index is 0.0372. The fourth-order valence-electron chi connectivity index (χ4n) is 1.99. The summed E-state index contributed by atoms with van der Waals surface area (Å²) in [6, 6.07) is 5.75. The predicted molar refractivity (Wildman–Crippen MR) is 79.8 cm³/mol. The molecule has 1 unspecified atom stereocenters. The Labute approximate surface area is 120 Å². The molecule has 19 heavy (non-hydrogen) atoms. The Hall–Kier alpha value is -0.545. The average Bonchev–Trinajstić information content (AvgIpc) is 2.47. The molecule has 1 aromatic rings. The molecule has 1 aliphatic rings. The highest BCUT2D eigenvalue weighted by molar-refractivity contribution is 6.65. The lowest BCUT2D eigenvalue weighted by Crippen LogP contribution is -2.41. The summed E-state index contributed by atoms with van der Waals surface area (Å²) in [5.41, 5.74) is 6.99.